The van der Waals surface area contributed by atoms with Gasteiger partial charge in [0.1, 0.15) is 11.3 Å². The summed E-state index contributed by atoms with van der Waals surface area (Å²) in [6.45, 7) is 32.7. The number of anilines is 9. The molecular weight excluding hydrogens is 1020 g/mol. The average molecular weight is 1090 g/mol. The summed E-state index contributed by atoms with van der Waals surface area (Å²) >= 11 is 0. The van der Waals surface area contributed by atoms with Gasteiger partial charge in [-0.2, -0.15) is 0 Å². The first-order valence-corrected chi connectivity index (χ1v) is 30.3. The molecule has 11 aromatic rings. The molecule has 2 aliphatic heterocycles. The summed E-state index contributed by atoms with van der Waals surface area (Å²) in [6, 6.07) is 79.0. The number of nitrogens with zero attached hydrogens (tertiary/aromatic N) is 3. The number of hydrogen-bond donors (Lipinski definition) is 0. The third kappa shape index (κ3) is 8.71. The Hall–Kier alpha value is -8.54. The zero-order chi connectivity index (χ0) is 58.6. The number of rotatable bonds is 6. The maximum absolute atomic E-state index is 6.43. The Morgan fingerprint density at radius 1 is 0.381 bits per heavy atom. The van der Waals surface area contributed by atoms with E-state index in [1.54, 1.807) is 0 Å². The van der Waals surface area contributed by atoms with Crippen LogP contribution in [-0.2, 0) is 27.1 Å². The third-order valence-electron chi connectivity index (χ3n) is 18.6. The van der Waals surface area contributed by atoms with Crippen LogP contribution in [0.5, 0.6) is 0 Å². The highest BCUT2D eigenvalue weighted by atomic mass is 16.3. The molecule has 0 bridgehead atoms. The second-order valence-corrected chi connectivity index (χ2v) is 28.8. The molecule has 3 heterocycles. The van der Waals surface area contributed by atoms with Gasteiger partial charge in [0.05, 0.1) is 5.69 Å². The molecule has 0 radical (unpaired) electrons. The summed E-state index contributed by atoms with van der Waals surface area (Å²) in [6.07, 6.45) is 0. The molecule has 84 heavy (non-hydrogen) atoms. The van der Waals surface area contributed by atoms with E-state index in [1.165, 1.54) is 83.6 Å². The molecule has 5 heteroatoms. The lowest BCUT2D eigenvalue weighted by Gasteiger charge is -2.45. The van der Waals surface area contributed by atoms with Gasteiger partial charge in [-0.1, -0.05) is 212 Å². The molecule has 1 aromatic heterocycles. The van der Waals surface area contributed by atoms with Gasteiger partial charge >= 0.3 is 0 Å². The summed E-state index contributed by atoms with van der Waals surface area (Å²) in [5, 5.41) is 3.41. The van der Waals surface area contributed by atoms with Crippen molar-refractivity contribution < 1.29 is 4.42 Å². The molecule has 1 aliphatic carbocycles. The van der Waals surface area contributed by atoms with Crippen LogP contribution in [0.1, 0.15) is 130 Å². The fourth-order valence-electron chi connectivity index (χ4n) is 13.8. The molecule has 0 saturated carbocycles. The Morgan fingerprint density at radius 3 is 1.44 bits per heavy atom. The molecule has 10 aromatic carbocycles. The van der Waals surface area contributed by atoms with Gasteiger partial charge in [-0.25, -0.2) is 0 Å². The molecule has 0 amide bonds. The van der Waals surface area contributed by atoms with Crippen molar-refractivity contribution >= 4 is 96.0 Å². The first kappa shape index (κ1) is 53.5. The Kier molecular flexibility index (Phi) is 11.9. The molecule has 3 aliphatic rings. The van der Waals surface area contributed by atoms with E-state index in [-0.39, 0.29) is 33.8 Å². The average Bonchev–Trinajstić information content (AvgIpc) is 0.954. The largest absolute Gasteiger partial charge is 0.456 e. The highest BCUT2D eigenvalue weighted by Gasteiger charge is 2.45. The maximum atomic E-state index is 6.43. The van der Waals surface area contributed by atoms with Crippen LogP contribution in [-0.4, -0.2) is 6.71 Å². The van der Waals surface area contributed by atoms with Crippen LogP contribution >= 0.6 is 0 Å². The van der Waals surface area contributed by atoms with E-state index in [9.17, 15) is 0 Å². The Bertz CT molecular complexity index is 4270. The zero-order valence-corrected chi connectivity index (χ0v) is 51.5. The van der Waals surface area contributed by atoms with Gasteiger partial charge in [0.2, 0.25) is 0 Å². The van der Waals surface area contributed by atoms with Crippen molar-refractivity contribution in [2.45, 2.75) is 124 Å². The third-order valence-corrected chi connectivity index (χ3v) is 18.6. The fourth-order valence-corrected chi connectivity index (χ4v) is 13.8. The predicted octanol–water partition coefficient (Wildman–Crippen LogP) is 20.3. The van der Waals surface area contributed by atoms with E-state index >= 15 is 0 Å². The smallest absolute Gasteiger partial charge is 0.252 e. The van der Waals surface area contributed by atoms with Crippen molar-refractivity contribution in [2.75, 3.05) is 14.7 Å². The van der Waals surface area contributed by atoms with Crippen molar-refractivity contribution in [1.82, 2.24) is 0 Å². The topological polar surface area (TPSA) is 22.9 Å². The van der Waals surface area contributed by atoms with Crippen LogP contribution in [0.15, 0.2) is 211 Å². The van der Waals surface area contributed by atoms with Crippen molar-refractivity contribution in [3.8, 4) is 22.5 Å². The molecule has 4 nitrogen and oxygen atoms in total. The summed E-state index contributed by atoms with van der Waals surface area (Å²) < 4.78 is 6.43. The lowest BCUT2D eigenvalue weighted by Crippen LogP contribution is -2.61. The number of benzene rings is 10. The highest BCUT2D eigenvalue weighted by molar-refractivity contribution is 7.00. The van der Waals surface area contributed by atoms with Gasteiger partial charge in [0, 0.05) is 61.9 Å². The second-order valence-electron chi connectivity index (χ2n) is 28.8. The number of fused-ring (bicyclic) bond motifs is 9. The van der Waals surface area contributed by atoms with Crippen LogP contribution in [0.2, 0.25) is 0 Å². The second kappa shape index (κ2) is 18.7. The summed E-state index contributed by atoms with van der Waals surface area (Å²) in [7, 11) is 0. The molecule has 416 valence electrons. The standard InChI is InChI=1S/C79H76BN3O/c1-75(2,3)53-26-33-57(34-27-53)82-68-39-30-55(77(7,8)9)44-66(68)80-67-45-56(78(10,11)12)31-40-69(67)83(58-35-28-54(29-36-58)76(4,5)6)71-48-61(47-70(82)74(71)80)81(60-37-38-63-62-20-16-17-21-64(62)79(13,14)65(63)46-60)59-32-25-49-41-52(24-23-50(49)42-59)73-43-51-19-15-18-22-72(51)84-73/h15-48H,1-14H3. The lowest BCUT2D eigenvalue weighted by molar-refractivity contribution is 0.590. The Morgan fingerprint density at radius 2 is 0.869 bits per heavy atom. The quantitative estimate of drug-likeness (QED) is 0.155. The summed E-state index contributed by atoms with van der Waals surface area (Å²) in [5.41, 5.74) is 26.4. The van der Waals surface area contributed by atoms with Crippen LogP contribution in [0.3, 0.4) is 0 Å². The number of furan rings is 1. The van der Waals surface area contributed by atoms with E-state index in [0.717, 1.165) is 61.5 Å². The molecule has 0 atom stereocenters. The van der Waals surface area contributed by atoms with Gasteiger partial charge in [-0.3, -0.25) is 0 Å². The summed E-state index contributed by atoms with van der Waals surface area (Å²) in [5.74, 6) is 0.870. The molecule has 0 saturated heterocycles. The highest BCUT2D eigenvalue weighted by Crippen LogP contribution is 2.53. The van der Waals surface area contributed by atoms with Crippen molar-refractivity contribution in [3.05, 3.63) is 240 Å². The van der Waals surface area contributed by atoms with Crippen LogP contribution in [0, 0.1) is 0 Å². The van der Waals surface area contributed by atoms with Crippen molar-refractivity contribution in [2.24, 2.45) is 0 Å². The minimum Gasteiger partial charge on any atom is -0.456 e. The van der Waals surface area contributed by atoms with E-state index in [4.69, 9.17) is 4.42 Å². The minimum atomic E-state index is -0.212. The van der Waals surface area contributed by atoms with Gasteiger partial charge in [0.15, 0.2) is 0 Å². The molecule has 0 unspecified atom stereocenters. The SMILES string of the molecule is CC(C)(C)c1ccc(N2c3ccc(C(C)(C)C)cc3B3c4cc(C(C)(C)C)ccc4N(c4ccc(C(C)(C)C)cc4)c4cc(N(c5ccc6c(c5)C(C)(C)c5ccccc5-6)c5ccc6cc(-c7cc8ccccc8o7)ccc6c5)cc2c43)cc1. The van der Waals surface area contributed by atoms with Crippen molar-refractivity contribution in [1.29, 1.82) is 0 Å². The molecule has 0 spiro atoms. The minimum absolute atomic E-state index is 0.0111. The normalized spacial score (nSPS) is 14.3. The van der Waals surface area contributed by atoms with E-state index < -0.39 is 0 Å². The Labute approximate surface area is 498 Å². The van der Waals surface area contributed by atoms with Gasteiger partial charge < -0.3 is 19.1 Å². The van der Waals surface area contributed by atoms with Gasteiger partial charge in [-0.05, 0) is 184 Å². The first-order valence-electron chi connectivity index (χ1n) is 30.3. The number of para-hydroxylation sites is 1. The van der Waals surface area contributed by atoms with E-state index in [1.807, 2.05) is 12.1 Å². The Balaban J connectivity index is 1.07. The lowest BCUT2D eigenvalue weighted by atomic mass is 9.33. The van der Waals surface area contributed by atoms with Gasteiger partial charge in [0.25, 0.3) is 6.71 Å². The monoisotopic (exact) mass is 1090 g/mol. The van der Waals surface area contributed by atoms with Crippen LogP contribution in [0.25, 0.3) is 44.2 Å². The van der Waals surface area contributed by atoms with Crippen LogP contribution < -0.4 is 31.1 Å². The number of hydrogen-bond acceptors (Lipinski definition) is 4. The molecule has 0 fully saturated rings. The summed E-state index contributed by atoms with van der Waals surface area (Å²) in [4.78, 5) is 7.72. The van der Waals surface area contributed by atoms with Gasteiger partial charge in [-0.15, -0.1) is 0 Å². The molecule has 0 N–H and O–H groups in total. The van der Waals surface area contributed by atoms with E-state index in [2.05, 4.69) is 306 Å². The predicted molar refractivity (Wildman–Crippen MR) is 360 cm³/mol. The van der Waals surface area contributed by atoms with Crippen molar-refractivity contribution in [3.63, 3.8) is 0 Å². The fraction of sp³-hybridized carbons (Fsp3) is 0.241. The first-order chi connectivity index (χ1) is 39.9. The molecular formula is C79H76BN3O. The van der Waals surface area contributed by atoms with E-state index in [0.29, 0.717) is 0 Å². The van der Waals surface area contributed by atoms with Crippen LogP contribution in [0.4, 0.5) is 51.2 Å². The zero-order valence-electron chi connectivity index (χ0n) is 51.5. The maximum Gasteiger partial charge on any atom is 0.252 e. The molecule has 14 rings (SSSR count).